The average molecular weight is 485 g/mol. The van der Waals surface area contributed by atoms with Gasteiger partial charge in [-0.1, -0.05) is 11.6 Å². The number of hydrogen-bond donors (Lipinski definition) is 2. The number of nitrogens with one attached hydrogen (secondary N) is 1. The van der Waals surface area contributed by atoms with Gasteiger partial charge in [0.25, 0.3) is 0 Å². The molecule has 0 bridgehead atoms. The third kappa shape index (κ3) is 3.64. The van der Waals surface area contributed by atoms with Crippen molar-refractivity contribution in [1.82, 2.24) is 0 Å². The van der Waals surface area contributed by atoms with E-state index < -0.39 is 0 Å². The molecule has 0 atom stereocenters. The highest BCUT2D eigenvalue weighted by Crippen LogP contribution is 2.27. The predicted molar refractivity (Wildman–Crippen MR) is 92.3 cm³/mol. The molecule has 0 radical (unpaired) electrons. The van der Waals surface area contributed by atoms with Crippen LogP contribution in [0.25, 0.3) is 0 Å². The Morgan fingerprint density at radius 1 is 1.11 bits per heavy atom. The van der Waals surface area contributed by atoms with E-state index in [0.717, 1.165) is 18.4 Å². The van der Waals surface area contributed by atoms with E-state index in [4.69, 9.17) is 11.6 Å². The van der Waals surface area contributed by atoms with E-state index >= 15 is 0 Å². The van der Waals surface area contributed by atoms with Gasteiger partial charge in [0.2, 0.25) is 0 Å². The molecule has 0 saturated carbocycles. The minimum Gasteiger partial charge on any atom is -0.506 e. The highest BCUT2D eigenvalue weighted by Gasteiger charge is 2.07. The van der Waals surface area contributed by atoms with E-state index in [-0.39, 0.29) is 0 Å². The van der Waals surface area contributed by atoms with Gasteiger partial charge in [-0.05, 0) is 81.6 Å². The lowest BCUT2D eigenvalue weighted by Gasteiger charge is -2.10. The molecule has 0 aromatic heterocycles. The lowest BCUT2D eigenvalue weighted by molar-refractivity contribution is 0.465. The zero-order valence-corrected chi connectivity index (χ0v) is 14.3. The molecular weight excluding hydrogens is 475 g/mol. The minimum atomic E-state index is 0.345. The van der Waals surface area contributed by atoms with E-state index in [1.165, 1.54) is 0 Å². The van der Waals surface area contributed by atoms with E-state index in [9.17, 15) is 5.11 Å². The van der Waals surface area contributed by atoms with Gasteiger partial charge >= 0.3 is 0 Å². The molecule has 0 aliphatic carbocycles. The Balaban J connectivity index is 2.13. The highest BCUT2D eigenvalue weighted by molar-refractivity contribution is 14.1. The van der Waals surface area contributed by atoms with Crippen molar-refractivity contribution < 1.29 is 5.11 Å². The summed E-state index contributed by atoms with van der Waals surface area (Å²) in [5.41, 5.74) is 1.87. The summed E-state index contributed by atoms with van der Waals surface area (Å²) in [6, 6.07) is 11.4. The minimum absolute atomic E-state index is 0.345. The van der Waals surface area contributed by atoms with E-state index in [2.05, 4.69) is 50.5 Å². The summed E-state index contributed by atoms with van der Waals surface area (Å²) >= 11 is 10.2. The molecule has 2 aromatic carbocycles. The van der Waals surface area contributed by atoms with Crippen LogP contribution >= 0.6 is 56.8 Å². The summed E-state index contributed by atoms with van der Waals surface area (Å²) in [5, 5.41) is 13.9. The molecular formula is C13H10ClI2NO. The van der Waals surface area contributed by atoms with Gasteiger partial charge in [-0.3, -0.25) is 0 Å². The van der Waals surface area contributed by atoms with Gasteiger partial charge < -0.3 is 10.4 Å². The third-order valence-corrected chi connectivity index (χ3v) is 4.13. The van der Waals surface area contributed by atoms with Crippen LogP contribution < -0.4 is 5.32 Å². The summed E-state index contributed by atoms with van der Waals surface area (Å²) in [7, 11) is 0. The first kappa shape index (κ1) is 14.2. The summed E-state index contributed by atoms with van der Waals surface area (Å²) in [5.74, 6) is 0.345. The van der Waals surface area contributed by atoms with Crippen molar-refractivity contribution in [3.05, 3.63) is 54.1 Å². The van der Waals surface area contributed by atoms with Crippen molar-refractivity contribution in [3.8, 4) is 5.75 Å². The molecule has 0 spiro atoms. The molecule has 0 aliphatic heterocycles. The third-order valence-electron chi connectivity index (χ3n) is 2.43. The summed E-state index contributed by atoms with van der Waals surface area (Å²) in [4.78, 5) is 0. The molecule has 5 heteroatoms. The number of hydrogen-bond acceptors (Lipinski definition) is 2. The van der Waals surface area contributed by atoms with Crippen LogP contribution in [-0.2, 0) is 6.54 Å². The summed E-state index contributed by atoms with van der Waals surface area (Å²) < 4.78 is 1.98. The molecule has 0 amide bonds. The second-order valence-electron chi connectivity index (χ2n) is 3.76. The molecule has 0 saturated heterocycles. The Bertz CT molecular complexity index is 558. The largest absolute Gasteiger partial charge is 0.506 e. The Hall–Kier alpha value is -0.210. The standard InChI is InChI=1S/C13H10ClI2NO/c14-9-1-3-11(4-2-9)17-7-8-5-10(15)6-12(16)13(8)18/h1-6,17-18H,7H2. The van der Waals surface area contributed by atoms with Crippen LogP contribution in [0.3, 0.4) is 0 Å². The average Bonchev–Trinajstić information content (AvgIpc) is 2.34. The number of aromatic hydroxyl groups is 1. The SMILES string of the molecule is Oc1c(I)cc(I)cc1CNc1ccc(Cl)cc1. The Morgan fingerprint density at radius 2 is 1.78 bits per heavy atom. The first-order valence-corrected chi connectivity index (χ1v) is 7.76. The van der Waals surface area contributed by atoms with Crippen LogP contribution in [0.5, 0.6) is 5.75 Å². The van der Waals surface area contributed by atoms with Crippen molar-refractivity contribution in [3.63, 3.8) is 0 Å². The fourth-order valence-electron chi connectivity index (χ4n) is 1.52. The van der Waals surface area contributed by atoms with Crippen LogP contribution in [0.2, 0.25) is 5.02 Å². The van der Waals surface area contributed by atoms with Crippen molar-refractivity contribution in [1.29, 1.82) is 0 Å². The van der Waals surface area contributed by atoms with Crippen molar-refractivity contribution in [2.75, 3.05) is 5.32 Å². The monoisotopic (exact) mass is 485 g/mol. The zero-order chi connectivity index (χ0) is 13.1. The number of benzene rings is 2. The van der Waals surface area contributed by atoms with E-state index in [1.54, 1.807) is 0 Å². The molecule has 18 heavy (non-hydrogen) atoms. The molecule has 2 N–H and O–H groups in total. The second kappa shape index (κ2) is 6.29. The molecule has 2 nitrogen and oxygen atoms in total. The van der Waals surface area contributed by atoms with Gasteiger partial charge in [0.05, 0.1) is 3.57 Å². The van der Waals surface area contributed by atoms with Crippen LogP contribution in [-0.4, -0.2) is 5.11 Å². The van der Waals surface area contributed by atoms with Crippen LogP contribution in [0, 0.1) is 7.14 Å². The van der Waals surface area contributed by atoms with Gasteiger partial charge in [-0.2, -0.15) is 0 Å². The molecule has 0 heterocycles. The van der Waals surface area contributed by atoms with Crippen molar-refractivity contribution in [2.45, 2.75) is 6.54 Å². The maximum absolute atomic E-state index is 9.97. The maximum Gasteiger partial charge on any atom is 0.133 e. The first-order chi connectivity index (χ1) is 8.56. The van der Waals surface area contributed by atoms with Crippen LogP contribution in [0.4, 0.5) is 5.69 Å². The summed E-state index contributed by atoms with van der Waals surface area (Å²) in [6.45, 7) is 0.584. The van der Waals surface area contributed by atoms with Crippen molar-refractivity contribution in [2.24, 2.45) is 0 Å². The normalized spacial score (nSPS) is 10.4. The number of phenols is 1. The van der Waals surface area contributed by atoms with Crippen LogP contribution in [0.1, 0.15) is 5.56 Å². The zero-order valence-electron chi connectivity index (χ0n) is 9.25. The molecule has 2 aromatic rings. The van der Waals surface area contributed by atoms with Gasteiger partial charge in [0.15, 0.2) is 0 Å². The van der Waals surface area contributed by atoms with Gasteiger partial charge in [0, 0.05) is 26.4 Å². The lowest BCUT2D eigenvalue weighted by atomic mass is 10.2. The van der Waals surface area contributed by atoms with Crippen molar-refractivity contribution >= 4 is 62.5 Å². The fraction of sp³-hybridized carbons (Fsp3) is 0.0769. The summed E-state index contributed by atoms with van der Waals surface area (Å²) in [6.07, 6.45) is 0. The molecule has 0 fully saturated rings. The molecule has 2 rings (SSSR count). The quantitative estimate of drug-likeness (QED) is 0.609. The number of phenolic OH excluding ortho intramolecular Hbond substituents is 1. The molecule has 0 aliphatic rings. The maximum atomic E-state index is 9.97. The lowest BCUT2D eigenvalue weighted by Crippen LogP contribution is -2.00. The number of anilines is 1. The molecule has 94 valence electrons. The Labute approximate surface area is 138 Å². The topological polar surface area (TPSA) is 32.3 Å². The Morgan fingerprint density at radius 3 is 2.44 bits per heavy atom. The van der Waals surface area contributed by atoms with E-state index in [0.29, 0.717) is 17.3 Å². The predicted octanol–water partition coefficient (Wildman–Crippen LogP) is 4.87. The van der Waals surface area contributed by atoms with Gasteiger partial charge in [-0.25, -0.2) is 0 Å². The molecule has 0 unspecified atom stereocenters. The van der Waals surface area contributed by atoms with Gasteiger partial charge in [-0.15, -0.1) is 0 Å². The second-order valence-corrected chi connectivity index (χ2v) is 6.60. The fourth-order valence-corrected chi connectivity index (χ4v) is 3.61. The first-order valence-electron chi connectivity index (χ1n) is 5.22. The van der Waals surface area contributed by atoms with E-state index in [1.807, 2.05) is 36.4 Å². The number of halogens is 3. The number of rotatable bonds is 3. The van der Waals surface area contributed by atoms with Gasteiger partial charge in [0.1, 0.15) is 5.75 Å². The van der Waals surface area contributed by atoms with Crippen LogP contribution in [0.15, 0.2) is 36.4 Å². The Kier molecular flexibility index (Phi) is 4.97. The highest BCUT2D eigenvalue weighted by atomic mass is 127. The smallest absolute Gasteiger partial charge is 0.133 e.